The van der Waals surface area contributed by atoms with E-state index in [2.05, 4.69) is 46.6 Å². The number of hydrogen-bond acceptors (Lipinski definition) is 2. The minimum absolute atomic E-state index is 0.0462. The minimum atomic E-state index is 0.0462. The van der Waals surface area contributed by atoms with Crippen LogP contribution in [-0.4, -0.2) is 30.6 Å². The maximum Gasteiger partial charge on any atom is 0.127 e. The number of benzene rings is 1. The molecule has 1 spiro atoms. The van der Waals surface area contributed by atoms with Crippen molar-refractivity contribution in [3.8, 4) is 5.75 Å². The molecule has 2 nitrogen and oxygen atoms in total. The van der Waals surface area contributed by atoms with Crippen LogP contribution in [0.2, 0.25) is 0 Å². The van der Waals surface area contributed by atoms with E-state index in [0.717, 1.165) is 25.9 Å². The molecule has 0 radical (unpaired) electrons. The maximum atomic E-state index is 6.62. The summed E-state index contributed by atoms with van der Waals surface area (Å²) in [4.78, 5) is 2.42. The summed E-state index contributed by atoms with van der Waals surface area (Å²) in [7, 11) is 2.21. The highest BCUT2D eigenvalue weighted by Crippen LogP contribution is 2.53. The van der Waals surface area contributed by atoms with E-state index in [-0.39, 0.29) is 5.60 Å². The van der Waals surface area contributed by atoms with Gasteiger partial charge in [0.15, 0.2) is 0 Å². The van der Waals surface area contributed by atoms with Gasteiger partial charge in [-0.05, 0) is 57.0 Å². The molecule has 20 heavy (non-hydrogen) atoms. The van der Waals surface area contributed by atoms with Crippen molar-refractivity contribution in [2.24, 2.45) is 0 Å². The second kappa shape index (κ2) is 4.49. The Kier molecular flexibility index (Phi) is 3.13. The highest BCUT2D eigenvalue weighted by molar-refractivity contribution is 5.58. The van der Waals surface area contributed by atoms with Crippen LogP contribution in [0, 0.1) is 27.7 Å². The molecule has 3 rings (SSSR count). The molecule has 1 atom stereocenters. The van der Waals surface area contributed by atoms with Crippen LogP contribution >= 0.6 is 0 Å². The molecule has 0 N–H and O–H groups in total. The van der Waals surface area contributed by atoms with Crippen molar-refractivity contribution in [1.29, 1.82) is 0 Å². The molecule has 1 aromatic rings. The Morgan fingerprint density at radius 2 is 1.50 bits per heavy atom. The molecule has 1 unspecified atom stereocenters. The first-order valence-electron chi connectivity index (χ1n) is 7.85. The molecule has 2 heteroatoms. The van der Waals surface area contributed by atoms with Crippen LogP contribution in [-0.2, 0) is 0 Å². The second-order valence-electron chi connectivity index (χ2n) is 6.93. The third-order valence-electron chi connectivity index (χ3n) is 6.04. The van der Waals surface area contributed by atoms with Gasteiger partial charge in [-0.2, -0.15) is 0 Å². The lowest BCUT2D eigenvalue weighted by Gasteiger charge is -2.40. The van der Waals surface area contributed by atoms with Crippen LogP contribution in [0.4, 0.5) is 0 Å². The van der Waals surface area contributed by atoms with Crippen molar-refractivity contribution in [2.45, 2.75) is 59.0 Å². The predicted molar refractivity (Wildman–Crippen MR) is 83.9 cm³/mol. The smallest absolute Gasteiger partial charge is 0.127 e. The fraction of sp³-hybridized carbons (Fsp3) is 0.667. The van der Waals surface area contributed by atoms with E-state index in [4.69, 9.17) is 4.74 Å². The quantitative estimate of drug-likeness (QED) is 0.711. The van der Waals surface area contributed by atoms with Crippen molar-refractivity contribution in [3.63, 3.8) is 0 Å². The first kappa shape index (κ1) is 13.9. The Bertz CT molecular complexity index is 553. The van der Waals surface area contributed by atoms with Gasteiger partial charge in [0.25, 0.3) is 0 Å². The first-order valence-corrected chi connectivity index (χ1v) is 7.85. The van der Waals surface area contributed by atoms with E-state index in [1.54, 1.807) is 0 Å². The zero-order valence-electron chi connectivity index (χ0n) is 13.8. The van der Waals surface area contributed by atoms with Gasteiger partial charge < -0.3 is 9.64 Å². The standard InChI is InChI=1S/C18H27NO/c1-11-12(2)14(4)17-16(13(11)3)15(5)18(20-17)7-9-19(6)10-8-18/h15H,7-10H2,1-6H3. The average Bonchev–Trinajstić information content (AvgIpc) is 2.72. The minimum Gasteiger partial charge on any atom is -0.486 e. The molecule has 2 aliphatic heterocycles. The summed E-state index contributed by atoms with van der Waals surface area (Å²) in [6.07, 6.45) is 2.30. The van der Waals surface area contributed by atoms with Crippen LogP contribution in [0.15, 0.2) is 0 Å². The number of fused-ring (bicyclic) bond motifs is 1. The van der Waals surface area contributed by atoms with Crippen molar-refractivity contribution in [2.75, 3.05) is 20.1 Å². The van der Waals surface area contributed by atoms with Crippen molar-refractivity contribution < 1.29 is 4.74 Å². The van der Waals surface area contributed by atoms with E-state index < -0.39 is 0 Å². The van der Waals surface area contributed by atoms with Gasteiger partial charge in [0.05, 0.1) is 0 Å². The molecule has 1 saturated heterocycles. The van der Waals surface area contributed by atoms with Crippen LogP contribution in [0.1, 0.15) is 53.5 Å². The SMILES string of the molecule is Cc1c(C)c(C)c2c(c1C)OC1(CCN(C)CC1)C2C. The zero-order valence-corrected chi connectivity index (χ0v) is 13.8. The Balaban J connectivity index is 2.09. The summed E-state index contributed by atoms with van der Waals surface area (Å²) in [5.74, 6) is 1.71. The van der Waals surface area contributed by atoms with Gasteiger partial charge in [-0.25, -0.2) is 0 Å². The van der Waals surface area contributed by atoms with Crippen LogP contribution in [0.5, 0.6) is 5.75 Å². The van der Waals surface area contributed by atoms with Gasteiger partial charge in [0.1, 0.15) is 11.4 Å². The van der Waals surface area contributed by atoms with Crippen LogP contribution in [0.3, 0.4) is 0 Å². The Morgan fingerprint density at radius 1 is 0.950 bits per heavy atom. The lowest BCUT2D eigenvalue weighted by molar-refractivity contribution is 0.00988. The van der Waals surface area contributed by atoms with Gasteiger partial charge >= 0.3 is 0 Å². The third kappa shape index (κ3) is 1.74. The van der Waals surface area contributed by atoms with Gasteiger partial charge in [0.2, 0.25) is 0 Å². The highest BCUT2D eigenvalue weighted by Gasteiger charge is 2.48. The van der Waals surface area contributed by atoms with Crippen molar-refractivity contribution >= 4 is 0 Å². The molecule has 2 aliphatic rings. The lowest BCUT2D eigenvalue weighted by Crippen LogP contribution is -2.47. The average molecular weight is 273 g/mol. The largest absolute Gasteiger partial charge is 0.486 e. The van der Waals surface area contributed by atoms with Gasteiger partial charge in [-0.1, -0.05) is 6.92 Å². The molecule has 1 aromatic carbocycles. The highest BCUT2D eigenvalue weighted by atomic mass is 16.5. The number of piperidine rings is 1. The third-order valence-corrected chi connectivity index (χ3v) is 6.04. The summed E-state index contributed by atoms with van der Waals surface area (Å²) in [6.45, 7) is 13.6. The number of nitrogens with zero attached hydrogens (tertiary/aromatic N) is 1. The normalized spacial score (nSPS) is 24.8. The maximum absolute atomic E-state index is 6.62. The molecule has 1 fully saturated rings. The van der Waals surface area contributed by atoms with E-state index in [0.29, 0.717) is 5.92 Å². The summed E-state index contributed by atoms with van der Waals surface area (Å²) in [6, 6.07) is 0. The van der Waals surface area contributed by atoms with E-state index in [1.807, 2.05) is 0 Å². The van der Waals surface area contributed by atoms with E-state index in [9.17, 15) is 0 Å². The monoisotopic (exact) mass is 273 g/mol. The number of hydrogen-bond donors (Lipinski definition) is 0. The van der Waals surface area contributed by atoms with Crippen molar-refractivity contribution in [3.05, 3.63) is 27.8 Å². The van der Waals surface area contributed by atoms with Gasteiger partial charge in [-0.15, -0.1) is 0 Å². The molecular formula is C18H27NO. The molecular weight excluding hydrogens is 246 g/mol. The van der Waals surface area contributed by atoms with E-state index in [1.165, 1.54) is 33.6 Å². The Morgan fingerprint density at radius 3 is 2.10 bits per heavy atom. The lowest BCUT2D eigenvalue weighted by atomic mass is 9.76. The Hall–Kier alpha value is -1.02. The predicted octanol–water partition coefficient (Wildman–Crippen LogP) is 3.88. The van der Waals surface area contributed by atoms with Gasteiger partial charge in [0, 0.05) is 37.4 Å². The molecule has 0 bridgehead atoms. The number of ether oxygens (including phenoxy) is 1. The second-order valence-corrected chi connectivity index (χ2v) is 6.93. The molecule has 0 aromatic heterocycles. The first-order chi connectivity index (χ1) is 9.37. The van der Waals surface area contributed by atoms with Gasteiger partial charge in [-0.3, -0.25) is 0 Å². The molecule has 0 saturated carbocycles. The molecule has 0 amide bonds. The molecule has 0 aliphatic carbocycles. The summed E-state index contributed by atoms with van der Waals surface area (Å²) in [5.41, 5.74) is 7.18. The number of likely N-dealkylation sites (tertiary alicyclic amines) is 1. The zero-order chi connectivity index (χ0) is 14.7. The number of rotatable bonds is 0. The summed E-state index contributed by atoms with van der Waals surface area (Å²) in [5, 5.41) is 0. The summed E-state index contributed by atoms with van der Waals surface area (Å²) < 4.78 is 6.62. The molecule has 110 valence electrons. The van der Waals surface area contributed by atoms with Crippen molar-refractivity contribution in [1.82, 2.24) is 4.90 Å². The fourth-order valence-electron chi connectivity index (χ4n) is 4.05. The van der Waals surface area contributed by atoms with Crippen LogP contribution < -0.4 is 4.74 Å². The summed E-state index contributed by atoms with van der Waals surface area (Å²) >= 11 is 0. The fourth-order valence-corrected chi connectivity index (χ4v) is 4.05. The Labute approximate surface area is 123 Å². The van der Waals surface area contributed by atoms with E-state index >= 15 is 0 Å². The topological polar surface area (TPSA) is 12.5 Å². The van der Waals surface area contributed by atoms with Crippen LogP contribution in [0.25, 0.3) is 0 Å². The molecule has 2 heterocycles.